The maximum atomic E-state index is 12.7. The van der Waals surface area contributed by atoms with Crippen LogP contribution in [0.15, 0.2) is 42.1 Å². The zero-order chi connectivity index (χ0) is 14.3. The minimum atomic E-state index is -4.46. The van der Waals surface area contributed by atoms with E-state index in [4.69, 9.17) is 0 Å². The molecule has 0 spiro atoms. The zero-order valence-corrected chi connectivity index (χ0v) is 15.5. The molecule has 0 unspecified atom stereocenters. The third-order valence-corrected chi connectivity index (χ3v) is 8.35. The van der Waals surface area contributed by atoms with Crippen molar-refractivity contribution < 1.29 is 49.2 Å². The Hall–Kier alpha value is -0.00987. The van der Waals surface area contributed by atoms with Crippen LogP contribution in [-0.4, -0.2) is 12.4 Å². The van der Waals surface area contributed by atoms with E-state index >= 15 is 0 Å². The van der Waals surface area contributed by atoms with Crippen LogP contribution in [0.4, 0.5) is 26.3 Å². The minimum absolute atomic E-state index is 0. The van der Waals surface area contributed by atoms with Crippen LogP contribution in [0, 0.1) is 0 Å². The topological polar surface area (TPSA) is 0 Å². The molecule has 0 aromatic carbocycles. The second-order valence-corrected chi connectivity index (χ2v) is 9.35. The SMILES string of the molecule is Cl.Cl.FC(F)(F)C1=[C]([Hf][C]2=C(C(F)(F)F)C=CC2)CC=C1. The Kier molecular flexibility index (Phi) is 7.50. The molecule has 9 heteroatoms. The monoisotopic (exact) mass is 518 g/mol. The normalized spacial score (nSPS) is 18.0. The fourth-order valence-corrected chi connectivity index (χ4v) is 7.43. The number of allylic oxidation sites excluding steroid dienone is 8. The molecule has 21 heavy (non-hydrogen) atoms. The predicted octanol–water partition coefficient (Wildman–Crippen LogP) is 5.47. The summed E-state index contributed by atoms with van der Waals surface area (Å²) in [5, 5.41) is 0. The number of hydrogen-bond donors (Lipinski definition) is 0. The molecule has 118 valence electrons. The molecule has 0 atom stereocenters. The molecule has 0 radical (unpaired) electrons. The van der Waals surface area contributed by atoms with Crippen LogP contribution in [0.1, 0.15) is 12.8 Å². The number of rotatable bonds is 2. The fourth-order valence-electron chi connectivity index (χ4n) is 1.96. The molecule has 0 fully saturated rings. The van der Waals surface area contributed by atoms with Gasteiger partial charge in [0.25, 0.3) is 0 Å². The Morgan fingerprint density at radius 2 is 1.05 bits per heavy atom. The van der Waals surface area contributed by atoms with Gasteiger partial charge in [-0.25, -0.2) is 0 Å². The molecule has 2 aliphatic rings. The summed E-state index contributed by atoms with van der Waals surface area (Å²) >= 11 is -2.26. The fraction of sp³-hybridized carbons (Fsp3) is 0.333. The van der Waals surface area contributed by atoms with Crippen LogP contribution >= 0.6 is 24.8 Å². The van der Waals surface area contributed by atoms with Crippen molar-refractivity contribution in [2.45, 2.75) is 25.2 Å². The van der Waals surface area contributed by atoms with Crippen LogP contribution in [-0.2, 0) is 22.9 Å². The van der Waals surface area contributed by atoms with Crippen molar-refractivity contribution in [3.05, 3.63) is 42.1 Å². The first kappa shape index (κ1) is 21.0. The van der Waals surface area contributed by atoms with Gasteiger partial charge in [0.1, 0.15) is 0 Å². The number of alkyl halides is 6. The van der Waals surface area contributed by atoms with Gasteiger partial charge in [-0.3, -0.25) is 0 Å². The van der Waals surface area contributed by atoms with Gasteiger partial charge >= 0.3 is 117 Å². The average Bonchev–Trinajstić information content (AvgIpc) is 2.83. The van der Waals surface area contributed by atoms with Gasteiger partial charge in [-0.05, 0) is 0 Å². The van der Waals surface area contributed by atoms with Crippen molar-refractivity contribution in [3.63, 3.8) is 0 Å². The first-order chi connectivity index (χ1) is 8.69. The van der Waals surface area contributed by atoms with Gasteiger partial charge in [0.15, 0.2) is 0 Å². The van der Waals surface area contributed by atoms with Crippen molar-refractivity contribution in [1.29, 1.82) is 0 Å². The second kappa shape index (κ2) is 7.51. The van der Waals surface area contributed by atoms with E-state index in [9.17, 15) is 26.3 Å². The van der Waals surface area contributed by atoms with Crippen LogP contribution in [0.3, 0.4) is 0 Å². The van der Waals surface area contributed by atoms with Gasteiger partial charge in [-0.15, -0.1) is 24.8 Å². The molecular formula is C12H10Cl2F6Hf. The van der Waals surface area contributed by atoms with Gasteiger partial charge in [0.05, 0.1) is 0 Å². The summed E-state index contributed by atoms with van der Waals surface area (Å²) in [6.07, 6.45) is -3.90. The third-order valence-electron chi connectivity index (χ3n) is 2.78. The summed E-state index contributed by atoms with van der Waals surface area (Å²) in [5.41, 5.74) is -1.45. The summed E-state index contributed by atoms with van der Waals surface area (Å²) in [6.45, 7) is 0. The number of hydrogen-bond acceptors (Lipinski definition) is 0. The average molecular weight is 518 g/mol. The van der Waals surface area contributed by atoms with Crippen molar-refractivity contribution in [2.75, 3.05) is 0 Å². The van der Waals surface area contributed by atoms with E-state index in [1.54, 1.807) is 0 Å². The van der Waals surface area contributed by atoms with Gasteiger partial charge in [-0.2, -0.15) is 0 Å². The summed E-state index contributed by atoms with van der Waals surface area (Å²) in [4.78, 5) is 0. The van der Waals surface area contributed by atoms with Gasteiger partial charge in [0.2, 0.25) is 0 Å². The van der Waals surface area contributed by atoms with Crippen LogP contribution in [0.25, 0.3) is 0 Å². The molecule has 0 aromatic rings. The molecule has 0 nitrogen and oxygen atoms in total. The van der Waals surface area contributed by atoms with E-state index < -0.39 is 46.4 Å². The molecule has 2 rings (SSSR count). The Morgan fingerprint density at radius 1 is 0.714 bits per heavy atom. The van der Waals surface area contributed by atoms with E-state index in [1.807, 2.05) is 0 Å². The predicted molar refractivity (Wildman–Crippen MR) is 68.2 cm³/mol. The Bertz CT molecular complexity index is 465. The molecule has 0 aromatic heterocycles. The molecule has 0 N–H and O–H groups in total. The molecule has 0 saturated heterocycles. The van der Waals surface area contributed by atoms with Gasteiger partial charge < -0.3 is 0 Å². The maximum absolute atomic E-state index is 12.7. The van der Waals surface area contributed by atoms with E-state index in [0.717, 1.165) is 12.2 Å². The third kappa shape index (κ3) is 4.99. The van der Waals surface area contributed by atoms with Crippen molar-refractivity contribution in [3.8, 4) is 0 Å². The van der Waals surface area contributed by atoms with Crippen LogP contribution < -0.4 is 0 Å². The summed E-state index contributed by atoms with van der Waals surface area (Å²) in [6, 6.07) is 0. The van der Waals surface area contributed by atoms with Gasteiger partial charge in [-0.1, -0.05) is 0 Å². The molecule has 0 bridgehead atoms. The quantitative estimate of drug-likeness (QED) is 0.337. The second-order valence-electron chi connectivity index (χ2n) is 4.12. The summed E-state index contributed by atoms with van der Waals surface area (Å²) in [7, 11) is 0. The van der Waals surface area contributed by atoms with Crippen LogP contribution in [0.2, 0.25) is 0 Å². The first-order valence-corrected chi connectivity index (χ1v) is 8.99. The zero-order valence-electron chi connectivity index (χ0n) is 10.3. The molecule has 2 aliphatic carbocycles. The van der Waals surface area contributed by atoms with E-state index in [1.165, 1.54) is 12.2 Å². The number of halogens is 8. The van der Waals surface area contributed by atoms with E-state index in [-0.39, 0.29) is 44.3 Å². The van der Waals surface area contributed by atoms with Crippen LogP contribution in [0.5, 0.6) is 0 Å². The summed E-state index contributed by atoms with van der Waals surface area (Å²) < 4.78 is 76.5. The molecule has 0 aliphatic heterocycles. The van der Waals surface area contributed by atoms with Crippen molar-refractivity contribution >= 4 is 24.8 Å². The molecular weight excluding hydrogens is 508 g/mol. The Morgan fingerprint density at radius 3 is 1.33 bits per heavy atom. The summed E-state index contributed by atoms with van der Waals surface area (Å²) in [5.74, 6) is 0. The van der Waals surface area contributed by atoms with Crippen molar-refractivity contribution in [2.24, 2.45) is 0 Å². The molecule has 0 heterocycles. The Balaban J connectivity index is 0.00000200. The molecule has 0 amide bonds. The molecule has 0 saturated carbocycles. The Labute approximate surface area is 141 Å². The first-order valence-electron chi connectivity index (χ1n) is 5.40. The van der Waals surface area contributed by atoms with Crippen molar-refractivity contribution in [1.82, 2.24) is 0 Å². The van der Waals surface area contributed by atoms with E-state index in [0.29, 0.717) is 0 Å². The van der Waals surface area contributed by atoms with E-state index in [2.05, 4.69) is 0 Å². The van der Waals surface area contributed by atoms with Gasteiger partial charge in [0, 0.05) is 0 Å². The standard InChI is InChI=1S/2C6H4F3.2ClH.Hf/c2*7-6(8,9)5-3-1-2-4-5;;;/h2*1,3H,2H2;2*1H;.